The molecule has 3 saturated carbocycles. The first-order chi connectivity index (χ1) is 21.0. The summed E-state index contributed by atoms with van der Waals surface area (Å²) in [5.41, 5.74) is -0.296. The van der Waals surface area contributed by atoms with E-state index in [-0.39, 0.29) is 36.3 Å². The van der Waals surface area contributed by atoms with E-state index in [4.69, 9.17) is 23.5 Å². The average molecular weight is 630 g/mol. The van der Waals surface area contributed by atoms with E-state index in [1.165, 1.54) is 7.11 Å². The van der Waals surface area contributed by atoms with E-state index in [9.17, 15) is 14.4 Å². The van der Waals surface area contributed by atoms with E-state index in [1.807, 2.05) is 0 Å². The summed E-state index contributed by atoms with van der Waals surface area (Å²) in [5.74, 6) is 1.05. The highest BCUT2D eigenvalue weighted by Crippen LogP contribution is 2.65. The molecule has 250 valence electrons. The van der Waals surface area contributed by atoms with Crippen molar-refractivity contribution in [2.75, 3.05) is 20.8 Å². The first-order valence-corrected chi connectivity index (χ1v) is 16.1. The van der Waals surface area contributed by atoms with Crippen LogP contribution in [-0.4, -0.2) is 75.1 Å². The van der Waals surface area contributed by atoms with Gasteiger partial charge in [0, 0.05) is 6.54 Å². The number of hydrogen-bond donors (Lipinski definition) is 3. The van der Waals surface area contributed by atoms with E-state index >= 15 is 0 Å². The van der Waals surface area contributed by atoms with Gasteiger partial charge in [0.05, 0.1) is 38.3 Å². The van der Waals surface area contributed by atoms with Gasteiger partial charge in [0.15, 0.2) is 11.5 Å². The number of rotatable bonds is 12. The molecular formula is C33H52BN3O8. The molecular weight excluding hydrogens is 577 g/mol. The first kappa shape index (κ1) is 34.9. The van der Waals surface area contributed by atoms with Gasteiger partial charge in [-0.2, -0.15) is 0 Å². The van der Waals surface area contributed by atoms with Gasteiger partial charge in [-0.1, -0.05) is 33.8 Å². The highest BCUT2D eigenvalue weighted by molar-refractivity contribution is 6.48. The quantitative estimate of drug-likeness (QED) is 0.295. The molecule has 45 heavy (non-hydrogen) atoms. The molecule has 1 saturated heterocycles. The number of carbonyl (C=O) groups is 3. The molecule has 0 aromatic heterocycles. The van der Waals surface area contributed by atoms with Crippen LogP contribution < -0.4 is 25.4 Å². The zero-order valence-electron chi connectivity index (χ0n) is 28.6. The van der Waals surface area contributed by atoms with Crippen LogP contribution in [0.3, 0.4) is 0 Å². The fourth-order valence-electron chi connectivity index (χ4n) is 7.21. The Labute approximate surface area is 268 Å². The normalized spacial score (nSPS) is 26.2. The van der Waals surface area contributed by atoms with Crippen molar-refractivity contribution in [3.8, 4) is 11.5 Å². The SMILES string of the molecule is COc1ccc(CC(=O)NC[C@H](NC(=O)OC(C)(C)C)C(=O)N[C@@H](CC(C)C)B2O[C@@H]3C[C@H]4C[C@H](C4(C)C)[C@]3(C)O2)cc1OC. The van der Waals surface area contributed by atoms with Gasteiger partial charge >= 0.3 is 13.2 Å². The zero-order valence-corrected chi connectivity index (χ0v) is 28.6. The Morgan fingerprint density at radius 1 is 1.04 bits per heavy atom. The summed E-state index contributed by atoms with van der Waals surface area (Å²) in [5, 5.41) is 8.54. The van der Waals surface area contributed by atoms with Gasteiger partial charge in [0.25, 0.3) is 0 Å². The van der Waals surface area contributed by atoms with E-state index in [1.54, 1.807) is 46.1 Å². The molecule has 2 bridgehead atoms. The Morgan fingerprint density at radius 2 is 1.73 bits per heavy atom. The largest absolute Gasteiger partial charge is 0.493 e. The van der Waals surface area contributed by atoms with Crippen LogP contribution in [0.2, 0.25) is 0 Å². The summed E-state index contributed by atoms with van der Waals surface area (Å²) in [6.07, 6.45) is 1.93. The van der Waals surface area contributed by atoms with Crippen LogP contribution in [0, 0.1) is 23.2 Å². The Hall–Kier alpha value is -2.99. The summed E-state index contributed by atoms with van der Waals surface area (Å²) >= 11 is 0. The average Bonchev–Trinajstić information content (AvgIpc) is 3.30. The highest BCUT2D eigenvalue weighted by atomic mass is 16.7. The van der Waals surface area contributed by atoms with Crippen molar-refractivity contribution in [1.82, 2.24) is 16.0 Å². The molecule has 5 rings (SSSR count). The Morgan fingerprint density at radius 3 is 2.33 bits per heavy atom. The maximum atomic E-state index is 13.8. The molecule has 6 atom stereocenters. The van der Waals surface area contributed by atoms with Gasteiger partial charge in [-0.15, -0.1) is 0 Å². The third-order valence-electron chi connectivity index (χ3n) is 9.67. The zero-order chi connectivity index (χ0) is 33.3. The van der Waals surface area contributed by atoms with E-state index < -0.39 is 42.3 Å². The van der Waals surface area contributed by atoms with Crippen LogP contribution in [0.4, 0.5) is 4.79 Å². The standard InChI is InChI=1S/C33H52BN3O8/c1-19(2)13-27(34-44-26-17-21-16-25(32(21,6)7)33(26,8)45-34)37-29(39)22(36-30(40)43-31(3,4)5)18-35-28(38)15-20-11-12-23(41-9)24(14-20)42-10/h11-12,14,19,21-22,25-27H,13,15-18H2,1-10H3,(H,35,38)(H,36,40)(H,37,39)/t21-,22+,25-,26-,27+,33+/m1/s1. The first-order valence-electron chi connectivity index (χ1n) is 16.1. The van der Waals surface area contributed by atoms with Crippen molar-refractivity contribution in [2.24, 2.45) is 23.2 Å². The predicted molar refractivity (Wildman–Crippen MR) is 171 cm³/mol. The summed E-state index contributed by atoms with van der Waals surface area (Å²) in [7, 11) is 2.45. The Bertz CT molecular complexity index is 1250. The lowest BCUT2D eigenvalue weighted by atomic mass is 9.43. The van der Waals surface area contributed by atoms with Crippen molar-refractivity contribution < 1.29 is 37.9 Å². The van der Waals surface area contributed by atoms with Gasteiger partial charge in [0.1, 0.15) is 11.6 Å². The van der Waals surface area contributed by atoms with Crippen molar-refractivity contribution in [1.29, 1.82) is 0 Å². The maximum Gasteiger partial charge on any atom is 0.481 e. The number of ether oxygens (including phenoxy) is 3. The predicted octanol–water partition coefficient (Wildman–Crippen LogP) is 4.05. The number of hydrogen-bond acceptors (Lipinski definition) is 8. The number of nitrogens with one attached hydrogen (secondary N) is 3. The molecule has 0 spiro atoms. The second-order valence-corrected chi connectivity index (χ2v) is 15.0. The molecule has 1 aromatic carbocycles. The minimum absolute atomic E-state index is 0.0302. The summed E-state index contributed by atoms with van der Waals surface area (Å²) in [6.45, 7) is 16.0. The lowest BCUT2D eigenvalue weighted by Gasteiger charge is -2.64. The molecule has 1 aromatic rings. The number of alkyl carbamates (subject to hydrolysis) is 1. The van der Waals surface area contributed by atoms with Gasteiger partial charge in [-0.05, 0) is 87.8 Å². The topological polar surface area (TPSA) is 133 Å². The number of methoxy groups -OCH3 is 2. The van der Waals surface area contributed by atoms with Crippen LogP contribution in [0.15, 0.2) is 18.2 Å². The molecule has 4 fully saturated rings. The second-order valence-electron chi connectivity index (χ2n) is 15.0. The van der Waals surface area contributed by atoms with Gasteiger partial charge in [0.2, 0.25) is 11.8 Å². The molecule has 4 aliphatic rings. The summed E-state index contributed by atoms with van der Waals surface area (Å²) in [4.78, 5) is 39.5. The van der Waals surface area contributed by atoms with E-state index in [0.29, 0.717) is 35.3 Å². The Kier molecular flexibility index (Phi) is 10.4. The van der Waals surface area contributed by atoms with E-state index in [0.717, 1.165) is 12.8 Å². The Balaban J connectivity index is 1.46. The van der Waals surface area contributed by atoms with Crippen LogP contribution in [0.5, 0.6) is 11.5 Å². The van der Waals surface area contributed by atoms with Gasteiger partial charge in [-0.25, -0.2) is 4.79 Å². The summed E-state index contributed by atoms with van der Waals surface area (Å²) in [6, 6.07) is 4.12. The molecule has 1 heterocycles. The molecule has 11 nitrogen and oxygen atoms in total. The fourth-order valence-corrected chi connectivity index (χ4v) is 7.21. The smallest absolute Gasteiger partial charge is 0.481 e. The molecule has 3 aliphatic carbocycles. The highest BCUT2D eigenvalue weighted by Gasteiger charge is 2.68. The number of benzene rings is 1. The monoisotopic (exact) mass is 629 g/mol. The van der Waals surface area contributed by atoms with E-state index in [2.05, 4.69) is 50.6 Å². The van der Waals surface area contributed by atoms with Crippen LogP contribution in [0.1, 0.15) is 80.2 Å². The third-order valence-corrected chi connectivity index (χ3v) is 9.67. The lowest BCUT2D eigenvalue weighted by molar-refractivity contribution is -0.199. The maximum absolute atomic E-state index is 13.8. The number of carbonyl (C=O) groups excluding carboxylic acids is 3. The van der Waals surface area contributed by atoms with Crippen LogP contribution >= 0.6 is 0 Å². The van der Waals surface area contributed by atoms with Crippen molar-refractivity contribution in [3.63, 3.8) is 0 Å². The molecule has 3 N–H and O–H groups in total. The minimum Gasteiger partial charge on any atom is -0.493 e. The number of amides is 3. The van der Waals surface area contributed by atoms with Crippen molar-refractivity contribution >= 4 is 25.0 Å². The van der Waals surface area contributed by atoms with Gasteiger partial charge < -0.3 is 39.5 Å². The molecule has 3 amide bonds. The second kappa shape index (κ2) is 13.4. The molecule has 0 radical (unpaired) electrons. The van der Waals surface area contributed by atoms with Crippen molar-refractivity contribution in [2.45, 2.75) is 110 Å². The van der Waals surface area contributed by atoms with Crippen LogP contribution in [0.25, 0.3) is 0 Å². The minimum atomic E-state index is -1.10. The summed E-state index contributed by atoms with van der Waals surface area (Å²) < 4.78 is 29.3. The van der Waals surface area contributed by atoms with Crippen LogP contribution in [-0.2, 0) is 30.1 Å². The lowest BCUT2D eigenvalue weighted by Crippen LogP contribution is -2.65. The molecule has 12 heteroatoms. The fraction of sp³-hybridized carbons (Fsp3) is 0.727. The third kappa shape index (κ3) is 7.88. The van der Waals surface area contributed by atoms with Crippen molar-refractivity contribution in [3.05, 3.63) is 23.8 Å². The van der Waals surface area contributed by atoms with Gasteiger partial charge in [-0.3, -0.25) is 9.59 Å². The molecule has 1 aliphatic heterocycles. The molecule has 0 unspecified atom stereocenters.